The van der Waals surface area contributed by atoms with Crippen molar-refractivity contribution in [1.82, 2.24) is 0 Å². The third-order valence-corrected chi connectivity index (χ3v) is 4.32. The maximum atomic E-state index is 11.4. The normalized spacial score (nSPS) is 52.5. The van der Waals surface area contributed by atoms with E-state index in [1.54, 1.807) is 0 Å². The van der Waals surface area contributed by atoms with Gasteiger partial charge < -0.3 is 4.74 Å². The summed E-state index contributed by atoms with van der Waals surface area (Å²) in [6.45, 7) is 5.96. The Hall–Kier alpha value is -0.790. The number of hydrogen-bond donors (Lipinski definition) is 0. The zero-order valence-corrected chi connectivity index (χ0v) is 7.88. The first-order valence-electron chi connectivity index (χ1n) is 5.05. The first kappa shape index (κ1) is 7.60. The van der Waals surface area contributed by atoms with E-state index in [9.17, 15) is 4.79 Å². The molecule has 2 bridgehead atoms. The van der Waals surface area contributed by atoms with Crippen LogP contribution in [-0.4, -0.2) is 11.6 Å². The Kier molecular flexibility index (Phi) is 1.17. The van der Waals surface area contributed by atoms with Gasteiger partial charge >= 0.3 is 5.97 Å². The number of rotatable bonds is 0. The Morgan fingerprint density at radius 1 is 1.54 bits per heavy atom. The van der Waals surface area contributed by atoms with Crippen LogP contribution in [-0.2, 0) is 9.53 Å². The third-order valence-electron chi connectivity index (χ3n) is 4.32. The smallest absolute Gasteiger partial charge is 0.334 e. The second-order valence-corrected chi connectivity index (χ2v) is 4.85. The fourth-order valence-electron chi connectivity index (χ4n) is 3.73. The van der Waals surface area contributed by atoms with E-state index in [0.29, 0.717) is 17.8 Å². The summed E-state index contributed by atoms with van der Waals surface area (Å²) in [5.41, 5.74) is 0.548. The Balaban J connectivity index is 2.08. The van der Waals surface area contributed by atoms with Crippen molar-refractivity contribution >= 4 is 5.97 Å². The molecule has 4 atom stereocenters. The first-order valence-corrected chi connectivity index (χ1v) is 5.05. The number of esters is 1. The lowest BCUT2D eigenvalue weighted by Gasteiger charge is -2.33. The van der Waals surface area contributed by atoms with Crippen molar-refractivity contribution in [2.75, 3.05) is 0 Å². The lowest BCUT2D eigenvalue weighted by Crippen LogP contribution is -2.37. The summed E-state index contributed by atoms with van der Waals surface area (Å²) in [6, 6.07) is 0. The summed E-state index contributed by atoms with van der Waals surface area (Å²) in [5, 5.41) is 0. The predicted octanol–water partition coefficient (Wildman–Crippen LogP) is 1.90. The molecule has 3 aliphatic rings. The highest BCUT2D eigenvalue weighted by atomic mass is 16.6. The van der Waals surface area contributed by atoms with Gasteiger partial charge in [-0.2, -0.15) is 0 Å². The average Bonchev–Trinajstić information content (AvgIpc) is 2.65. The molecule has 1 saturated heterocycles. The minimum Gasteiger partial charge on any atom is -0.455 e. The zero-order valence-electron chi connectivity index (χ0n) is 7.88. The molecule has 70 valence electrons. The lowest BCUT2D eigenvalue weighted by atomic mass is 9.75. The van der Waals surface area contributed by atoms with Crippen molar-refractivity contribution < 1.29 is 9.53 Å². The molecule has 0 aromatic carbocycles. The zero-order chi connectivity index (χ0) is 9.22. The van der Waals surface area contributed by atoms with Crippen molar-refractivity contribution in [3.8, 4) is 0 Å². The molecule has 0 aromatic rings. The van der Waals surface area contributed by atoms with Crippen molar-refractivity contribution in [1.29, 1.82) is 0 Å². The molecule has 2 aliphatic carbocycles. The van der Waals surface area contributed by atoms with Crippen molar-refractivity contribution in [2.45, 2.75) is 31.8 Å². The molecule has 3 fully saturated rings. The van der Waals surface area contributed by atoms with Gasteiger partial charge in [-0.1, -0.05) is 6.58 Å². The molecule has 3 rings (SSSR count). The van der Waals surface area contributed by atoms with E-state index in [0.717, 1.165) is 5.57 Å². The summed E-state index contributed by atoms with van der Waals surface area (Å²) in [4.78, 5) is 11.4. The molecule has 13 heavy (non-hydrogen) atoms. The number of hydrogen-bond acceptors (Lipinski definition) is 2. The predicted molar refractivity (Wildman–Crippen MR) is 48.0 cm³/mol. The third kappa shape index (κ3) is 0.687. The van der Waals surface area contributed by atoms with E-state index >= 15 is 0 Å². The van der Waals surface area contributed by atoms with Gasteiger partial charge in [0.2, 0.25) is 0 Å². The van der Waals surface area contributed by atoms with Gasteiger partial charge in [-0.05, 0) is 38.0 Å². The Labute approximate surface area is 78.0 Å². The Bertz CT molecular complexity index is 307. The highest BCUT2D eigenvalue weighted by Gasteiger charge is 2.63. The van der Waals surface area contributed by atoms with E-state index in [1.165, 1.54) is 19.3 Å². The van der Waals surface area contributed by atoms with Gasteiger partial charge in [0.15, 0.2) is 0 Å². The number of carbonyl (C=O) groups excluding carboxylic acids is 1. The van der Waals surface area contributed by atoms with E-state index in [4.69, 9.17) is 4.74 Å². The van der Waals surface area contributed by atoms with Crippen LogP contribution >= 0.6 is 0 Å². The van der Waals surface area contributed by atoms with Gasteiger partial charge in [-0.3, -0.25) is 0 Å². The summed E-state index contributed by atoms with van der Waals surface area (Å²) in [7, 11) is 0. The van der Waals surface area contributed by atoms with Gasteiger partial charge in [0.1, 0.15) is 5.60 Å². The molecule has 0 aromatic heterocycles. The summed E-state index contributed by atoms with van der Waals surface area (Å²) >= 11 is 0. The van der Waals surface area contributed by atoms with Crippen LogP contribution < -0.4 is 0 Å². The summed E-state index contributed by atoms with van der Waals surface area (Å²) in [6.07, 6.45) is 3.74. The Morgan fingerprint density at radius 3 is 3.00 bits per heavy atom. The van der Waals surface area contributed by atoms with Crippen LogP contribution in [0.3, 0.4) is 0 Å². The maximum absolute atomic E-state index is 11.4. The quantitative estimate of drug-likeness (QED) is 0.418. The minimum absolute atomic E-state index is 0.149. The molecule has 2 nitrogen and oxygen atoms in total. The van der Waals surface area contributed by atoms with Crippen molar-refractivity contribution in [2.24, 2.45) is 17.8 Å². The molecule has 1 aliphatic heterocycles. The van der Waals surface area contributed by atoms with Gasteiger partial charge in [-0.15, -0.1) is 0 Å². The molecule has 2 saturated carbocycles. The second kappa shape index (κ2) is 1.99. The number of carbonyl (C=O) groups is 1. The molecule has 0 radical (unpaired) electrons. The highest BCUT2D eigenvalue weighted by molar-refractivity contribution is 5.91. The summed E-state index contributed by atoms with van der Waals surface area (Å²) < 4.78 is 5.48. The van der Waals surface area contributed by atoms with Gasteiger partial charge in [0.05, 0.1) is 0 Å². The van der Waals surface area contributed by atoms with E-state index in [1.807, 2.05) is 0 Å². The van der Waals surface area contributed by atoms with Crippen LogP contribution in [0.4, 0.5) is 0 Å². The first-order chi connectivity index (χ1) is 6.13. The molecular weight excluding hydrogens is 164 g/mol. The van der Waals surface area contributed by atoms with Crippen LogP contribution in [0.5, 0.6) is 0 Å². The van der Waals surface area contributed by atoms with E-state index in [-0.39, 0.29) is 11.6 Å². The molecule has 0 unspecified atom stereocenters. The van der Waals surface area contributed by atoms with Crippen LogP contribution in [0.25, 0.3) is 0 Å². The standard InChI is InChI=1S/C11H14O2/c1-6-9-7-3-4-8(5-7)11(9,2)13-10(6)12/h7-9H,1,3-5H2,2H3/t7-,8+,9-,11-/m0/s1. The molecule has 0 amide bonds. The number of ether oxygens (including phenoxy) is 1. The fraction of sp³-hybridized carbons (Fsp3) is 0.727. The fourth-order valence-corrected chi connectivity index (χ4v) is 3.73. The average molecular weight is 178 g/mol. The minimum atomic E-state index is -0.183. The maximum Gasteiger partial charge on any atom is 0.334 e. The van der Waals surface area contributed by atoms with Gasteiger partial charge in [-0.25, -0.2) is 4.79 Å². The van der Waals surface area contributed by atoms with Gasteiger partial charge in [0, 0.05) is 11.5 Å². The van der Waals surface area contributed by atoms with Crippen LogP contribution in [0.1, 0.15) is 26.2 Å². The monoisotopic (exact) mass is 178 g/mol. The van der Waals surface area contributed by atoms with Crippen LogP contribution in [0, 0.1) is 17.8 Å². The van der Waals surface area contributed by atoms with E-state index in [2.05, 4.69) is 13.5 Å². The SMILES string of the molecule is C=C1C(=O)O[C@@]2(C)[C@@H]3CC[C@@H](C3)[C@H]12. The Morgan fingerprint density at radius 2 is 2.31 bits per heavy atom. The molecule has 0 spiro atoms. The highest BCUT2D eigenvalue weighted by Crippen LogP contribution is 2.61. The van der Waals surface area contributed by atoms with Crippen LogP contribution in [0.15, 0.2) is 12.2 Å². The lowest BCUT2D eigenvalue weighted by molar-refractivity contribution is -0.150. The topological polar surface area (TPSA) is 26.3 Å². The van der Waals surface area contributed by atoms with Gasteiger partial charge in [0.25, 0.3) is 0 Å². The van der Waals surface area contributed by atoms with Crippen molar-refractivity contribution in [3.05, 3.63) is 12.2 Å². The number of fused-ring (bicyclic) bond motifs is 5. The van der Waals surface area contributed by atoms with Crippen molar-refractivity contribution in [3.63, 3.8) is 0 Å². The molecular formula is C11H14O2. The largest absolute Gasteiger partial charge is 0.455 e. The molecule has 2 heteroatoms. The molecule has 1 heterocycles. The van der Waals surface area contributed by atoms with Crippen LogP contribution in [0.2, 0.25) is 0 Å². The second-order valence-electron chi connectivity index (χ2n) is 4.85. The summed E-state index contributed by atoms with van der Waals surface area (Å²) in [5.74, 6) is 1.46. The molecule has 0 N–H and O–H groups in total. The van der Waals surface area contributed by atoms with E-state index < -0.39 is 0 Å².